The van der Waals surface area contributed by atoms with Crippen molar-refractivity contribution in [1.82, 2.24) is 0 Å². The van der Waals surface area contributed by atoms with Crippen LogP contribution < -0.4 is 5.32 Å². The predicted octanol–water partition coefficient (Wildman–Crippen LogP) is 2.75. The van der Waals surface area contributed by atoms with Crippen molar-refractivity contribution < 1.29 is 9.18 Å². The van der Waals surface area contributed by atoms with Gasteiger partial charge in [0, 0.05) is 5.69 Å². The van der Waals surface area contributed by atoms with Crippen molar-refractivity contribution >= 4 is 11.6 Å². The summed E-state index contributed by atoms with van der Waals surface area (Å²) in [5.41, 5.74) is 0.557. The molecule has 0 bridgehead atoms. The highest BCUT2D eigenvalue weighted by Gasteiger charge is 1.95. The fraction of sp³-hybridized carbons (Fsp3) is 0. The molecule has 2 nitrogen and oxygen atoms in total. The lowest BCUT2D eigenvalue weighted by molar-refractivity contribution is -0.111. The number of amides is 1. The number of halogens is 1. The van der Waals surface area contributed by atoms with Crippen LogP contribution in [0.5, 0.6) is 0 Å². The average Bonchev–Trinajstić information content (AvgIpc) is 2.24. The standard InChI is InChI=1S/C9H8FNO.C2H4/c1-2-9(12)11-8-5-3-7(10)4-6-8;1-2/h2-6H,1H2,(H,11,12);1-2H2. The van der Waals surface area contributed by atoms with Crippen LogP contribution in [0.1, 0.15) is 0 Å². The molecule has 1 N–H and O–H groups in total. The zero-order chi connectivity index (χ0) is 11.0. The molecule has 0 aliphatic heterocycles. The Balaban J connectivity index is 0.000000791. The van der Waals surface area contributed by atoms with E-state index in [9.17, 15) is 9.18 Å². The molecule has 0 saturated heterocycles. The van der Waals surface area contributed by atoms with Crippen LogP contribution in [0.2, 0.25) is 0 Å². The first-order chi connectivity index (χ1) is 6.72. The number of carbonyl (C=O) groups is 1. The molecule has 74 valence electrons. The zero-order valence-corrected chi connectivity index (χ0v) is 7.79. The Hall–Kier alpha value is -1.90. The smallest absolute Gasteiger partial charge is 0.247 e. The summed E-state index contributed by atoms with van der Waals surface area (Å²) in [5, 5.41) is 2.50. The van der Waals surface area contributed by atoms with Crippen molar-refractivity contribution in [3.05, 3.63) is 55.9 Å². The number of carbonyl (C=O) groups excluding carboxylic acids is 1. The highest BCUT2D eigenvalue weighted by Crippen LogP contribution is 2.07. The van der Waals surface area contributed by atoms with Gasteiger partial charge in [0.1, 0.15) is 5.82 Å². The minimum Gasteiger partial charge on any atom is -0.323 e. The molecule has 1 amide bonds. The Kier molecular flexibility index (Phi) is 5.70. The quantitative estimate of drug-likeness (QED) is 0.568. The Morgan fingerprint density at radius 1 is 1.29 bits per heavy atom. The molecule has 0 atom stereocenters. The number of nitrogens with one attached hydrogen (secondary N) is 1. The lowest BCUT2D eigenvalue weighted by atomic mass is 10.3. The summed E-state index contributed by atoms with van der Waals surface area (Å²) in [7, 11) is 0. The van der Waals surface area contributed by atoms with Gasteiger partial charge in [-0.1, -0.05) is 6.58 Å². The Morgan fingerprint density at radius 2 is 1.79 bits per heavy atom. The van der Waals surface area contributed by atoms with Crippen LogP contribution in [0.3, 0.4) is 0 Å². The van der Waals surface area contributed by atoms with Crippen molar-refractivity contribution in [2.75, 3.05) is 5.32 Å². The van der Waals surface area contributed by atoms with Gasteiger partial charge in [-0.2, -0.15) is 0 Å². The van der Waals surface area contributed by atoms with Gasteiger partial charge in [0.25, 0.3) is 0 Å². The maximum absolute atomic E-state index is 12.4. The first-order valence-corrected chi connectivity index (χ1v) is 3.91. The fourth-order valence-corrected chi connectivity index (χ4v) is 0.727. The van der Waals surface area contributed by atoms with E-state index in [0.717, 1.165) is 6.08 Å². The molecule has 1 rings (SSSR count). The van der Waals surface area contributed by atoms with Crippen LogP contribution in [0, 0.1) is 5.82 Å². The molecular formula is C11H12FNO. The highest BCUT2D eigenvalue weighted by atomic mass is 19.1. The molecule has 0 aliphatic rings. The van der Waals surface area contributed by atoms with Crippen LogP contribution >= 0.6 is 0 Å². The molecule has 1 aromatic carbocycles. The third-order valence-corrected chi connectivity index (χ3v) is 1.30. The van der Waals surface area contributed by atoms with Gasteiger partial charge in [0.05, 0.1) is 0 Å². The molecule has 0 spiro atoms. The van der Waals surface area contributed by atoms with E-state index in [1.54, 1.807) is 0 Å². The molecule has 3 heteroatoms. The van der Waals surface area contributed by atoms with E-state index in [4.69, 9.17) is 0 Å². The molecule has 0 saturated carbocycles. The average molecular weight is 193 g/mol. The van der Waals surface area contributed by atoms with E-state index in [0.29, 0.717) is 5.69 Å². The van der Waals surface area contributed by atoms with Gasteiger partial charge in [-0.25, -0.2) is 4.39 Å². The predicted molar refractivity (Wildman–Crippen MR) is 56.5 cm³/mol. The minimum atomic E-state index is -0.327. The van der Waals surface area contributed by atoms with Gasteiger partial charge in [0.2, 0.25) is 5.91 Å². The number of hydrogen-bond donors (Lipinski definition) is 1. The van der Waals surface area contributed by atoms with Crippen molar-refractivity contribution in [1.29, 1.82) is 0 Å². The van der Waals surface area contributed by atoms with Gasteiger partial charge in [0.15, 0.2) is 0 Å². The summed E-state index contributed by atoms with van der Waals surface area (Å²) >= 11 is 0. The number of rotatable bonds is 2. The van der Waals surface area contributed by atoms with Gasteiger partial charge in [-0.05, 0) is 30.3 Å². The third kappa shape index (κ3) is 4.21. The van der Waals surface area contributed by atoms with Crippen molar-refractivity contribution in [2.45, 2.75) is 0 Å². The molecule has 0 unspecified atom stereocenters. The summed E-state index contributed by atoms with van der Waals surface area (Å²) in [5.74, 6) is -0.631. The lowest BCUT2D eigenvalue weighted by Gasteiger charge is -1.99. The maximum atomic E-state index is 12.4. The summed E-state index contributed by atoms with van der Waals surface area (Å²) < 4.78 is 12.4. The van der Waals surface area contributed by atoms with Gasteiger partial charge in [-0.15, -0.1) is 13.2 Å². The summed E-state index contributed by atoms with van der Waals surface area (Å²) in [4.78, 5) is 10.7. The maximum Gasteiger partial charge on any atom is 0.247 e. The van der Waals surface area contributed by atoms with Gasteiger partial charge >= 0.3 is 0 Å². The first-order valence-electron chi connectivity index (χ1n) is 3.91. The van der Waals surface area contributed by atoms with Crippen LogP contribution in [0.25, 0.3) is 0 Å². The van der Waals surface area contributed by atoms with E-state index >= 15 is 0 Å². The summed E-state index contributed by atoms with van der Waals surface area (Å²) in [6.07, 6.45) is 1.16. The van der Waals surface area contributed by atoms with E-state index in [-0.39, 0.29) is 11.7 Å². The topological polar surface area (TPSA) is 29.1 Å². The Bertz CT molecular complexity index is 306. The normalized spacial score (nSPS) is 8.07. The van der Waals surface area contributed by atoms with Crippen molar-refractivity contribution in [3.8, 4) is 0 Å². The van der Waals surface area contributed by atoms with Crippen molar-refractivity contribution in [2.24, 2.45) is 0 Å². The molecule has 1 aromatic rings. The summed E-state index contributed by atoms with van der Waals surface area (Å²) in [6.45, 7) is 9.29. The monoisotopic (exact) mass is 193 g/mol. The second-order valence-electron chi connectivity index (χ2n) is 2.20. The van der Waals surface area contributed by atoms with E-state index in [2.05, 4.69) is 25.1 Å². The van der Waals surface area contributed by atoms with Gasteiger partial charge < -0.3 is 5.32 Å². The number of benzene rings is 1. The zero-order valence-electron chi connectivity index (χ0n) is 7.79. The third-order valence-electron chi connectivity index (χ3n) is 1.30. The van der Waals surface area contributed by atoms with E-state index < -0.39 is 0 Å². The van der Waals surface area contributed by atoms with E-state index in [1.165, 1.54) is 24.3 Å². The lowest BCUT2D eigenvalue weighted by Crippen LogP contribution is -2.06. The van der Waals surface area contributed by atoms with Gasteiger partial charge in [-0.3, -0.25) is 4.79 Å². The molecule has 14 heavy (non-hydrogen) atoms. The van der Waals surface area contributed by atoms with Crippen LogP contribution in [-0.4, -0.2) is 5.91 Å². The molecule has 0 aromatic heterocycles. The number of anilines is 1. The molecular weight excluding hydrogens is 181 g/mol. The second-order valence-corrected chi connectivity index (χ2v) is 2.20. The molecule has 0 aliphatic carbocycles. The number of hydrogen-bond acceptors (Lipinski definition) is 1. The Labute approximate surface area is 82.8 Å². The minimum absolute atomic E-state index is 0.304. The van der Waals surface area contributed by atoms with Crippen LogP contribution in [0.4, 0.5) is 10.1 Å². The largest absolute Gasteiger partial charge is 0.323 e. The second kappa shape index (κ2) is 6.60. The summed E-state index contributed by atoms with van der Waals surface area (Å²) in [6, 6.07) is 5.52. The first kappa shape index (κ1) is 12.1. The molecule has 0 radical (unpaired) electrons. The van der Waals surface area contributed by atoms with Crippen molar-refractivity contribution in [3.63, 3.8) is 0 Å². The molecule has 0 fully saturated rings. The Morgan fingerprint density at radius 3 is 2.21 bits per heavy atom. The SMILES string of the molecule is C=C.C=CC(=O)Nc1ccc(F)cc1. The van der Waals surface area contributed by atoms with Crippen LogP contribution in [0.15, 0.2) is 50.1 Å². The molecule has 0 heterocycles. The van der Waals surface area contributed by atoms with E-state index in [1.807, 2.05) is 0 Å². The van der Waals surface area contributed by atoms with Crippen LogP contribution in [-0.2, 0) is 4.79 Å². The highest BCUT2D eigenvalue weighted by molar-refractivity contribution is 5.98. The fourth-order valence-electron chi connectivity index (χ4n) is 0.727.